The van der Waals surface area contributed by atoms with E-state index >= 15 is 0 Å². The molecule has 90 valence electrons. The summed E-state index contributed by atoms with van der Waals surface area (Å²) in [5.41, 5.74) is 7.20. The van der Waals surface area contributed by atoms with Crippen LogP contribution in [0.4, 0.5) is 0 Å². The minimum atomic E-state index is 0.147. The molecule has 0 fully saturated rings. The molecule has 0 heterocycles. The number of benzene rings is 1. The molecule has 0 bridgehead atoms. The Morgan fingerprint density at radius 3 is 2.62 bits per heavy atom. The van der Waals surface area contributed by atoms with Gasteiger partial charge in [-0.15, -0.1) is 0 Å². The number of hydrogen-bond donors (Lipinski definition) is 1. The highest BCUT2D eigenvalue weighted by Crippen LogP contribution is 2.31. The first kappa shape index (κ1) is 13.5. The Morgan fingerprint density at radius 1 is 1.44 bits per heavy atom. The third-order valence-corrected chi connectivity index (χ3v) is 3.70. The lowest BCUT2D eigenvalue weighted by Crippen LogP contribution is -2.28. The van der Waals surface area contributed by atoms with Crippen LogP contribution in [0.1, 0.15) is 25.8 Å². The fourth-order valence-electron chi connectivity index (χ4n) is 1.69. The van der Waals surface area contributed by atoms with E-state index in [9.17, 15) is 0 Å². The highest BCUT2D eigenvalue weighted by atomic mass is 79.9. The molecule has 3 heteroatoms. The standard InChI is InChI=1S/C13H20BrNO/c1-4-13(2,9-15)8-10-7-11(14)5-6-12(10)16-3/h5-7H,4,8-9,15H2,1-3H3. The minimum absolute atomic E-state index is 0.147. The summed E-state index contributed by atoms with van der Waals surface area (Å²) in [6.45, 7) is 5.09. The summed E-state index contributed by atoms with van der Waals surface area (Å²) in [6, 6.07) is 6.10. The van der Waals surface area contributed by atoms with Crippen molar-refractivity contribution < 1.29 is 4.74 Å². The molecule has 0 amide bonds. The van der Waals surface area contributed by atoms with Crippen molar-refractivity contribution in [3.8, 4) is 5.75 Å². The van der Waals surface area contributed by atoms with Crippen molar-refractivity contribution in [3.63, 3.8) is 0 Å². The molecule has 1 rings (SSSR count). The molecule has 0 radical (unpaired) electrons. The molecule has 1 unspecified atom stereocenters. The molecule has 2 N–H and O–H groups in total. The third kappa shape index (κ3) is 3.22. The van der Waals surface area contributed by atoms with E-state index in [1.165, 1.54) is 5.56 Å². The zero-order chi connectivity index (χ0) is 12.2. The molecule has 0 saturated carbocycles. The maximum atomic E-state index is 5.84. The van der Waals surface area contributed by atoms with Crippen molar-refractivity contribution in [2.75, 3.05) is 13.7 Å². The quantitative estimate of drug-likeness (QED) is 0.900. The van der Waals surface area contributed by atoms with Crippen molar-refractivity contribution in [1.29, 1.82) is 0 Å². The van der Waals surface area contributed by atoms with Gasteiger partial charge in [0.2, 0.25) is 0 Å². The molecule has 0 saturated heterocycles. The number of methoxy groups -OCH3 is 1. The Labute approximate surface area is 106 Å². The topological polar surface area (TPSA) is 35.2 Å². The molecule has 1 aromatic rings. The van der Waals surface area contributed by atoms with Gasteiger partial charge >= 0.3 is 0 Å². The maximum Gasteiger partial charge on any atom is 0.122 e. The second-order valence-corrected chi connectivity index (χ2v) is 5.42. The first-order valence-corrected chi connectivity index (χ1v) is 6.36. The SMILES string of the molecule is CCC(C)(CN)Cc1cc(Br)ccc1OC. The second-order valence-electron chi connectivity index (χ2n) is 4.50. The fraction of sp³-hybridized carbons (Fsp3) is 0.538. The summed E-state index contributed by atoms with van der Waals surface area (Å²) >= 11 is 3.49. The molecule has 0 aliphatic carbocycles. The highest BCUT2D eigenvalue weighted by Gasteiger charge is 2.22. The van der Waals surface area contributed by atoms with Gasteiger partial charge in [-0.2, -0.15) is 0 Å². The van der Waals surface area contributed by atoms with E-state index < -0.39 is 0 Å². The van der Waals surface area contributed by atoms with Gasteiger partial charge in [-0.3, -0.25) is 0 Å². The average Bonchev–Trinajstić information content (AvgIpc) is 2.29. The van der Waals surface area contributed by atoms with Crippen LogP contribution in [-0.2, 0) is 6.42 Å². The summed E-state index contributed by atoms with van der Waals surface area (Å²) in [5.74, 6) is 0.941. The van der Waals surface area contributed by atoms with Crippen molar-refractivity contribution in [2.24, 2.45) is 11.1 Å². The average molecular weight is 286 g/mol. The van der Waals surface area contributed by atoms with E-state index in [0.29, 0.717) is 6.54 Å². The summed E-state index contributed by atoms with van der Waals surface area (Å²) in [7, 11) is 1.71. The number of nitrogens with two attached hydrogens (primary N) is 1. The molecule has 0 aliphatic rings. The van der Waals surface area contributed by atoms with Crippen LogP contribution in [0.15, 0.2) is 22.7 Å². The van der Waals surface area contributed by atoms with Crippen molar-refractivity contribution in [3.05, 3.63) is 28.2 Å². The largest absolute Gasteiger partial charge is 0.496 e. The molecule has 0 spiro atoms. The van der Waals surface area contributed by atoms with Crippen LogP contribution in [0.5, 0.6) is 5.75 Å². The zero-order valence-corrected chi connectivity index (χ0v) is 11.8. The van der Waals surface area contributed by atoms with E-state index in [1.807, 2.05) is 12.1 Å². The number of halogens is 1. The monoisotopic (exact) mass is 285 g/mol. The number of ether oxygens (including phenoxy) is 1. The molecule has 0 aromatic heterocycles. The van der Waals surface area contributed by atoms with Crippen LogP contribution in [0.3, 0.4) is 0 Å². The molecular weight excluding hydrogens is 266 g/mol. The van der Waals surface area contributed by atoms with E-state index in [4.69, 9.17) is 10.5 Å². The van der Waals surface area contributed by atoms with Crippen LogP contribution in [0.2, 0.25) is 0 Å². The van der Waals surface area contributed by atoms with Crippen LogP contribution in [0, 0.1) is 5.41 Å². The predicted octanol–water partition coefficient (Wildman–Crippen LogP) is 3.38. The third-order valence-electron chi connectivity index (χ3n) is 3.21. The minimum Gasteiger partial charge on any atom is -0.496 e. The summed E-state index contributed by atoms with van der Waals surface area (Å²) in [6.07, 6.45) is 2.02. The normalized spacial score (nSPS) is 14.6. The van der Waals surface area contributed by atoms with Gasteiger partial charge in [-0.25, -0.2) is 0 Å². The lowest BCUT2D eigenvalue weighted by Gasteiger charge is -2.27. The number of hydrogen-bond acceptors (Lipinski definition) is 2. The Hall–Kier alpha value is -0.540. The first-order chi connectivity index (χ1) is 7.54. The van der Waals surface area contributed by atoms with Gasteiger partial charge in [-0.05, 0) is 48.6 Å². The van der Waals surface area contributed by atoms with Gasteiger partial charge in [0, 0.05) is 4.47 Å². The maximum absolute atomic E-state index is 5.84. The van der Waals surface area contributed by atoms with Gasteiger partial charge < -0.3 is 10.5 Å². The Bertz CT molecular complexity index is 348. The predicted molar refractivity (Wildman–Crippen MR) is 71.9 cm³/mol. The smallest absolute Gasteiger partial charge is 0.122 e. The van der Waals surface area contributed by atoms with E-state index in [0.717, 1.165) is 23.1 Å². The summed E-state index contributed by atoms with van der Waals surface area (Å²) in [4.78, 5) is 0. The Kier molecular flexibility index (Phi) is 4.81. The molecule has 1 aromatic carbocycles. The molecule has 1 atom stereocenters. The van der Waals surface area contributed by atoms with Crippen molar-refractivity contribution >= 4 is 15.9 Å². The molecular formula is C13H20BrNO. The van der Waals surface area contributed by atoms with Crippen LogP contribution in [0.25, 0.3) is 0 Å². The van der Waals surface area contributed by atoms with Gasteiger partial charge in [-0.1, -0.05) is 29.8 Å². The molecule has 2 nitrogen and oxygen atoms in total. The second kappa shape index (κ2) is 5.69. The highest BCUT2D eigenvalue weighted by molar-refractivity contribution is 9.10. The van der Waals surface area contributed by atoms with E-state index in [1.54, 1.807) is 7.11 Å². The number of rotatable bonds is 5. The van der Waals surface area contributed by atoms with Crippen molar-refractivity contribution in [1.82, 2.24) is 0 Å². The van der Waals surface area contributed by atoms with Gasteiger partial charge in [0.1, 0.15) is 5.75 Å². The lowest BCUT2D eigenvalue weighted by atomic mass is 9.81. The van der Waals surface area contributed by atoms with Crippen molar-refractivity contribution in [2.45, 2.75) is 26.7 Å². The lowest BCUT2D eigenvalue weighted by molar-refractivity contribution is 0.313. The first-order valence-electron chi connectivity index (χ1n) is 5.57. The zero-order valence-electron chi connectivity index (χ0n) is 10.2. The summed E-state index contributed by atoms with van der Waals surface area (Å²) in [5, 5.41) is 0. The Balaban J connectivity index is 2.98. The van der Waals surface area contributed by atoms with Gasteiger partial charge in [0.15, 0.2) is 0 Å². The van der Waals surface area contributed by atoms with E-state index in [2.05, 4.69) is 35.8 Å². The van der Waals surface area contributed by atoms with Crippen LogP contribution < -0.4 is 10.5 Å². The van der Waals surface area contributed by atoms with Crippen LogP contribution >= 0.6 is 15.9 Å². The van der Waals surface area contributed by atoms with Gasteiger partial charge in [0.25, 0.3) is 0 Å². The molecule has 16 heavy (non-hydrogen) atoms. The van der Waals surface area contributed by atoms with Gasteiger partial charge in [0.05, 0.1) is 7.11 Å². The summed E-state index contributed by atoms with van der Waals surface area (Å²) < 4.78 is 6.46. The van der Waals surface area contributed by atoms with E-state index in [-0.39, 0.29) is 5.41 Å². The molecule has 0 aliphatic heterocycles. The fourth-order valence-corrected chi connectivity index (χ4v) is 2.10. The Morgan fingerprint density at radius 2 is 2.12 bits per heavy atom. The van der Waals surface area contributed by atoms with Crippen LogP contribution in [-0.4, -0.2) is 13.7 Å².